The molecule has 0 amide bonds. The highest BCUT2D eigenvalue weighted by molar-refractivity contribution is 7.09. The van der Waals surface area contributed by atoms with E-state index in [0.717, 1.165) is 13.1 Å². The van der Waals surface area contributed by atoms with Crippen molar-refractivity contribution in [3.63, 3.8) is 0 Å². The summed E-state index contributed by atoms with van der Waals surface area (Å²) in [5.41, 5.74) is 1.45. The van der Waals surface area contributed by atoms with Gasteiger partial charge in [0.25, 0.3) is 0 Å². The van der Waals surface area contributed by atoms with Crippen LogP contribution in [0, 0.1) is 0 Å². The van der Waals surface area contributed by atoms with Crippen molar-refractivity contribution >= 4 is 11.3 Å². The molecule has 0 unspecified atom stereocenters. The van der Waals surface area contributed by atoms with E-state index in [2.05, 4.69) is 53.2 Å². The van der Waals surface area contributed by atoms with Crippen LogP contribution in [0.5, 0.6) is 0 Å². The average Bonchev–Trinajstić information content (AvgIpc) is 2.88. The molecule has 1 N–H and O–H groups in total. The minimum absolute atomic E-state index is 1.02. The third-order valence-electron chi connectivity index (χ3n) is 2.79. The van der Waals surface area contributed by atoms with E-state index in [1.807, 2.05) is 11.3 Å². The topological polar surface area (TPSA) is 12.0 Å². The summed E-state index contributed by atoms with van der Waals surface area (Å²) in [6.07, 6.45) is 3.71. The van der Waals surface area contributed by atoms with E-state index in [-0.39, 0.29) is 0 Å². The van der Waals surface area contributed by atoms with E-state index in [1.165, 1.54) is 29.7 Å². The number of unbranched alkanes of at least 4 members (excludes halogenated alkanes) is 1. The van der Waals surface area contributed by atoms with Gasteiger partial charge >= 0.3 is 0 Å². The lowest BCUT2D eigenvalue weighted by molar-refractivity contribution is 0.626. The van der Waals surface area contributed by atoms with Gasteiger partial charge in [-0.2, -0.15) is 0 Å². The second kappa shape index (κ2) is 7.25. The zero-order chi connectivity index (χ0) is 11.8. The molecule has 0 spiro atoms. The van der Waals surface area contributed by atoms with Crippen LogP contribution >= 0.6 is 11.3 Å². The number of rotatable bonds is 7. The number of hydrogen-bond donors (Lipinski definition) is 1. The van der Waals surface area contributed by atoms with Crippen molar-refractivity contribution < 1.29 is 0 Å². The summed E-state index contributed by atoms with van der Waals surface area (Å²) in [4.78, 5) is 1.42. The molecule has 0 aliphatic carbocycles. The zero-order valence-electron chi connectivity index (χ0n) is 10.1. The quantitative estimate of drug-likeness (QED) is 0.730. The predicted molar refractivity (Wildman–Crippen MR) is 75.4 cm³/mol. The molecule has 0 saturated heterocycles. The molecule has 0 aliphatic rings. The molecular weight excluding hydrogens is 226 g/mol. The minimum Gasteiger partial charge on any atom is -0.312 e. The summed E-state index contributed by atoms with van der Waals surface area (Å²) >= 11 is 1.82. The molecular formula is C15H19NS. The van der Waals surface area contributed by atoms with E-state index in [0.29, 0.717) is 0 Å². The van der Waals surface area contributed by atoms with E-state index in [1.54, 1.807) is 0 Å². The highest BCUT2D eigenvalue weighted by atomic mass is 32.1. The van der Waals surface area contributed by atoms with Gasteiger partial charge in [-0.25, -0.2) is 0 Å². The molecule has 0 fully saturated rings. The monoisotopic (exact) mass is 245 g/mol. The summed E-state index contributed by atoms with van der Waals surface area (Å²) in [5, 5.41) is 5.62. The molecule has 1 heterocycles. The third kappa shape index (κ3) is 4.72. The van der Waals surface area contributed by atoms with E-state index in [9.17, 15) is 0 Å². The van der Waals surface area contributed by atoms with E-state index in [4.69, 9.17) is 0 Å². The fraction of sp³-hybridized carbons (Fsp3) is 0.333. The molecule has 1 aromatic heterocycles. The van der Waals surface area contributed by atoms with Crippen molar-refractivity contribution in [1.29, 1.82) is 0 Å². The zero-order valence-corrected chi connectivity index (χ0v) is 10.9. The number of benzene rings is 1. The molecule has 2 heteroatoms. The van der Waals surface area contributed by atoms with Crippen LogP contribution in [-0.4, -0.2) is 6.54 Å². The Bertz CT molecular complexity index is 394. The van der Waals surface area contributed by atoms with Gasteiger partial charge in [0.2, 0.25) is 0 Å². The van der Waals surface area contributed by atoms with Gasteiger partial charge in [-0.15, -0.1) is 11.3 Å². The maximum Gasteiger partial charge on any atom is 0.0299 e. The van der Waals surface area contributed by atoms with Crippen molar-refractivity contribution in [2.75, 3.05) is 6.54 Å². The van der Waals surface area contributed by atoms with Crippen LogP contribution in [0.15, 0.2) is 47.8 Å². The Morgan fingerprint density at radius 2 is 1.82 bits per heavy atom. The Morgan fingerprint density at radius 1 is 0.941 bits per heavy atom. The van der Waals surface area contributed by atoms with Gasteiger partial charge in [0, 0.05) is 11.4 Å². The van der Waals surface area contributed by atoms with Crippen molar-refractivity contribution in [1.82, 2.24) is 5.32 Å². The first-order valence-corrected chi connectivity index (χ1v) is 7.10. The van der Waals surface area contributed by atoms with Gasteiger partial charge in [0.1, 0.15) is 0 Å². The Hall–Kier alpha value is -1.12. The first-order valence-electron chi connectivity index (χ1n) is 6.22. The normalized spacial score (nSPS) is 10.6. The minimum atomic E-state index is 1.02. The third-order valence-corrected chi connectivity index (χ3v) is 3.67. The predicted octanol–water partition coefficient (Wildman–Crippen LogP) is 3.86. The second-order valence-corrected chi connectivity index (χ2v) is 5.23. The number of hydrogen-bond acceptors (Lipinski definition) is 2. The SMILES string of the molecule is c1ccc(CCCCNCc2cccs2)cc1. The molecule has 0 bridgehead atoms. The van der Waals surface area contributed by atoms with Gasteiger partial charge in [-0.1, -0.05) is 36.4 Å². The van der Waals surface area contributed by atoms with Crippen molar-refractivity contribution in [3.8, 4) is 0 Å². The Labute approximate surface area is 108 Å². The van der Waals surface area contributed by atoms with Crippen LogP contribution in [0.2, 0.25) is 0 Å². The summed E-state index contributed by atoms with van der Waals surface area (Å²) in [6, 6.07) is 15.0. The largest absolute Gasteiger partial charge is 0.312 e. The summed E-state index contributed by atoms with van der Waals surface area (Å²) < 4.78 is 0. The number of thiophene rings is 1. The standard InChI is InChI=1S/C15H19NS/c1-2-7-14(8-3-1)9-4-5-11-16-13-15-10-6-12-17-15/h1-3,6-8,10,12,16H,4-5,9,11,13H2. The van der Waals surface area contributed by atoms with Crippen LogP contribution < -0.4 is 5.32 Å². The van der Waals surface area contributed by atoms with Crippen LogP contribution in [0.3, 0.4) is 0 Å². The average molecular weight is 245 g/mol. The van der Waals surface area contributed by atoms with Crippen LogP contribution in [0.25, 0.3) is 0 Å². The van der Waals surface area contributed by atoms with Crippen LogP contribution in [-0.2, 0) is 13.0 Å². The smallest absolute Gasteiger partial charge is 0.0299 e. The number of nitrogens with one attached hydrogen (secondary N) is 1. The first kappa shape index (κ1) is 12.3. The summed E-state index contributed by atoms with van der Waals surface area (Å²) in [7, 11) is 0. The van der Waals surface area contributed by atoms with E-state index >= 15 is 0 Å². The molecule has 2 aromatic rings. The maximum absolute atomic E-state index is 3.48. The lowest BCUT2D eigenvalue weighted by Crippen LogP contribution is -2.13. The lowest BCUT2D eigenvalue weighted by atomic mass is 10.1. The maximum atomic E-state index is 3.48. The fourth-order valence-corrected chi connectivity index (χ4v) is 2.52. The van der Waals surface area contributed by atoms with Crippen molar-refractivity contribution in [2.24, 2.45) is 0 Å². The highest BCUT2D eigenvalue weighted by Crippen LogP contribution is 2.07. The molecule has 90 valence electrons. The van der Waals surface area contributed by atoms with Crippen molar-refractivity contribution in [3.05, 3.63) is 58.3 Å². The first-order chi connectivity index (χ1) is 8.45. The molecule has 0 aliphatic heterocycles. The van der Waals surface area contributed by atoms with Gasteiger partial charge in [0.05, 0.1) is 0 Å². The number of aryl methyl sites for hydroxylation is 1. The van der Waals surface area contributed by atoms with Crippen molar-refractivity contribution in [2.45, 2.75) is 25.8 Å². The second-order valence-electron chi connectivity index (χ2n) is 4.20. The molecule has 0 atom stereocenters. The Morgan fingerprint density at radius 3 is 2.59 bits per heavy atom. The highest BCUT2D eigenvalue weighted by Gasteiger charge is 1.94. The molecule has 0 saturated carbocycles. The molecule has 1 nitrogen and oxygen atoms in total. The Balaban J connectivity index is 1.52. The fourth-order valence-electron chi connectivity index (χ4n) is 1.85. The molecule has 2 rings (SSSR count). The van der Waals surface area contributed by atoms with Crippen LogP contribution in [0.1, 0.15) is 23.3 Å². The summed E-state index contributed by atoms with van der Waals surface area (Å²) in [6.45, 7) is 2.13. The van der Waals surface area contributed by atoms with E-state index < -0.39 is 0 Å². The van der Waals surface area contributed by atoms with Gasteiger partial charge in [0.15, 0.2) is 0 Å². The van der Waals surface area contributed by atoms with Gasteiger partial charge in [-0.05, 0) is 42.8 Å². The molecule has 17 heavy (non-hydrogen) atoms. The molecule has 0 radical (unpaired) electrons. The van der Waals surface area contributed by atoms with Gasteiger partial charge in [-0.3, -0.25) is 0 Å². The Kier molecular flexibility index (Phi) is 5.27. The van der Waals surface area contributed by atoms with Gasteiger partial charge < -0.3 is 5.32 Å². The summed E-state index contributed by atoms with van der Waals surface area (Å²) in [5.74, 6) is 0. The molecule has 1 aromatic carbocycles. The van der Waals surface area contributed by atoms with Crippen LogP contribution in [0.4, 0.5) is 0 Å². The lowest BCUT2D eigenvalue weighted by Gasteiger charge is -2.03.